The molecule has 0 atom stereocenters. The third kappa shape index (κ3) is 3.85. The lowest BCUT2D eigenvalue weighted by molar-refractivity contribution is 0.0714. The molecular formula is C20H19N5O3. The SMILES string of the molecule is O=C(Nc1ccccc1)c1cnc(N2CCN(C(=O)c3ccco3)CC2)nc1. The summed E-state index contributed by atoms with van der Waals surface area (Å²) in [4.78, 5) is 37.0. The number of piperazine rings is 1. The van der Waals surface area contributed by atoms with E-state index in [9.17, 15) is 9.59 Å². The van der Waals surface area contributed by atoms with E-state index in [1.165, 1.54) is 18.7 Å². The van der Waals surface area contributed by atoms with Gasteiger partial charge in [0.15, 0.2) is 5.76 Å². The molecule has 0 unspecified atom stereocenters. The van der Waals surface area contributed by atoms with E-state index in [4.69, 9.17) is 4.42 Å². The molecule has 4 rings (SSSR count). The van der Waals surface area contributed by atoms with Crippen molar-refractivity contribution in [3.63, 3.8) is 0 Å². The maximum atomic E-state index is 12.3. The third-order valence-corrected chi connectivity index (χ3v) is 4.51. The zero-order valence-electron chi connectivity index (χ0n) is 15.1. The summed E-state index contributed by atoms with van der Waals surface area (Å²) in [6, 6.07) is 12.6. The second-order valence-electron chi connectivity index (χ2n) is 6.35. The lowest BCUT2D eigenvalue weighted by Gasteiger charge is -2.34. The zero-order chi connectivity index (χ0) is 19.3. The van der Waals surface area contributed by atoms with Crippen molar-refractivity contribution < 1.29 is 14.0 Å². The van der Waals surface area contributed by atoms with Gasteiger partial charge in [0.2, 0.25) is 5.95 Å². The largest absolute Gasteiger partial charge is 0.459 e. The molecule has 142 valence electrons. The Morgan fingerprint density at radius 3 is 2.29 bits per heavy atom. The first-order valence-corrected chi connectivity index (χ1v) is 8.97. The molecule has 28 heavy (non-hydrogen) atoms. The van der Waals surface area contributed by atoms with E-state index in [1.54, 1.807) is 17.0 Å². The summed E-state index contributed by atoms with van der Waals surface area (Å²) in [5.74, 6) is 0.518. The van der Waals surface area contributed by atoms with Crippen molar-refractivity contribution in [3.8, 4) is 0 Å². The van der Waals surface area contributed by atoms with Crippen LogP contribution in [0.5, 0.6) is 0 Å². The van der Waals surface area contributed by atoms with Crippen molar-refractivity contribution in [1.29, 1.82) is 0 Å². The van der Waals surface area contributed by atoms with Gasteiger partial charge in [-0.05, 0) is 24.3 Å². The van der Waals surface area contributed by atoms with E-state index in [1.807, 2.05) is 35.2 Å². The van der Waals surface area contributed by atoms with Crippen LogP contribution in [0.4, 0.5) is 11.6 Å². The third-order valence-electron chi connectivity index (χ3n) is 4.51. The van der Waals surface area contributed by atoms with Crippen molar-refractivity contribution in [2.45, 2.75) is 0 Å². The van der Waals surface area contributed by atoms with Crippen LogP contribution < -0.4 is 10.2 Å². The number of carbonyl (C=O) groups is 2. The van der Waals surface area contributed by atoms with Crippen LogP contribution >= 0.6 is 0 Å². The summed E-state index contributed by atoms with van der Waals surface area (Å²) in [5.41, 5.74) is 1.10. The van der Waals surface area contributed by atoms with Crippen molar-refractivity contribution in [3.05, 3.63) is 72.4 Å². The van der Waals surface area contributed by atoms with Gasteiger partial charge in [0.05, 0.1) is 11.8 Å². The van der Waals surface area contributed by atoms with Gasteiger partial charge in [-0.1, -0.05) is 18.2 Å². The van der Waals surface area contributed by atoms with Crippen molar-refractivity contribution in [1.82, 2.24) is 14.9 Å². The molecule has 2 aromatic heterocycles. The Morgan fingerprint density at radius 1 is 0.929 bits per heavy atom. The molecule has 3 aromatic rings. The van der Waals surface area contributed by atoms with Crippen LogP contribution in [0.2, 0.25) is 0 Å². The van der Waals surface area contributed by atoms with Gasteiger partial charge in [-0.3, -0.25) is 9.59 Å². The molecule has 1 N–H and O–H groups in total. The van der Waals surface area contributed by atoms with E-state index < -0.39 is 0 Å². The highest BCUT2D eigenvalue weighted by atomic mass is 16.3. The molecule has 0 aliphatic carbocycles. The average molecular weight is 377 g/mol. The molecular weight excluding hydrogens is 358 g/mol. The topological polar surface area (TPSA) is 91.6 Å². The van der Waals surface area contributed by atoms with Crippen molar-refractivity contribution in [2.75, 3.05) is 36.4 Å². The van der Waals surface area contributed by atoms with Gasteiger partial charge in [0.1, 0.15) is 0 Å². The minimum absolute atomic E-state index is 0.113. The fraction of sp³-hybridized carbons (Fsp3) is 0.200. The minimum Gasteiger partial charge on any atom is -0.459 e. The Morgan fingerprint density at radius 2 is 1.64 bits per heavy atom. The Bertz CT molecular complexity index is 934. The molecule has 3 heterocycles. The number of furan rings is 1. The molecule has 1 aliphatic heterocycles. The van der Waals surface area contributed by atoms with E-state index in [2.05, 4.69) is 15.3 Å². The minimum atomic E-state index is -0.258. The fourth-order valence-electron chi connectivity index (χ4n) is 2.99. The van der Waals surface area contributed by atoms with Crippen molar-refractivity contribution >= 4 is 23.5 Å². The predicted octanol–water partition coefficient (Wildman–Crippen LogP) is 2.28. The molecule has 0 saturated carbocycles. The second kappa shape index (κ2) is 7.91. The molecule has 0 bridgehead atoms. The number of amides is 2. The number of anilines is 2. The van der Waals surface area contributed by atoms with Gasteiger partial charge >= 0.3 is 0 Å². The Hall–Kier alpha value is -3.68. The van der Waals surface area contributed by atoms with Gasteiger partial charge in [-0.25, -0.2) is 9.97 Å². The van der Waals surface area contributed by atoms with E-state index in [-0.39, 0.29) is 11.8 Å². The van der Waals surface area contributed by atoms with E-state index >= 15 is 0 Å². The number of hydrogen-bond donors (Lipinski definition) is 1. The fourth-order valence-corrected chi connectivity index (χ4v) is 2.99. The standard InChI is InChI=1S/C20H19N5O3/c26-18(23-16-5-2-1-3-6-16)15-13-21-20(22-14-15)25-10-8-24(9-11-25)19(27)17-7-4-12-28-17/h1-7,12-14H,8-11H2,(H,23,26). The second-order valence-corrected chi connectivity index (χ2v) is 6.35. The summed E-state index contributed by atoms with van der Waals surface area (Å²) < 4.78 is 5.17. The van der Waals surface area contributed by atoms with Crippen LogP contribution in [0.15, 0.2) is 65.5 Å². The number of carbonyl (C=O) groups excluding carboxylic acids is 2. The molecule has 8 nitrogen and oxygen atoms in total. The number of hydrogen-bond acceptors (Lipinski definition) is 6. The number of nitrogens with zero attached hydrogens (tertiary/aromatic N) is 4. The van der Waals surface area contributed by atoms with Gasteiger partial charge in [-0.15, -0.1) is 0 Å². The Balaban J connectivity index is 1.34. The predicted molar refractivity (Wildman–Crippen MR) is 103 cm³/mol. The summed E-state index contributed by atoms with van der Waals surface area (Å²) in [6.45, 7) is 2.34. The average Bonchev–Trinajstić information content (AvgIpc) is 3.29. The van der Waals surface area contributed by atoms with E-state index in [0.717, 1.165) is 0 Å². The summed E-state index contributed by atoms with van der Waals surface area (Å²) in [6.07, 6.45) is 4.52. The Labute approximate surface area is 161 Å². The lowest BCUT2D eigenvalue weighted by atomic mass is 10.2. The molecule has 1 aliphatic rings. The first-order chi connectivity index (χ1) is 13.7. The molecule has 1 fully saturated rings. The van der Waals surface area contributed by atoms with Gasteiger partial charge < -0.3 is 19.5 Å². The first kappa shape index (κ1) is 17.7. The summed E-state index contributed by atoms with van der Waals surface area (Å²) in [7, 11) is 0. The van der Waals surface area contributed by atoms with Gasteiger partial charge in [-0.2, -0.15) is 0 Å². The Kier molecular flexibility index (Phi) is 5.01. The lowest BCUT2D eigenvalue weighted by Crippen LogP contribution is -2.49. The van der Waals surface area contributed by atoms with Gasteiger partial charge in [0.25, 0.3) is 11.8 Å². The van der Waals surface area contributed by atoms with Crippen LogP contribution in [-0.2, 0) is 0 Å². The van der Waals surface area contributed by atoms with Crippen molar-refractivity contribution in [2.24, 2.45) is 0 Å². The number of rotatable bonds is 4. The van der Waals surface area contributed by atoms with Crippen LogP contribution in [0.1, 0.15) is 20.9 Å². The molecule has 0 spiro atoms. The van der Waals surface area contributed by atoms with E-state index in [0.29, 0.717) is 49.1 Å². The molecule has 8 heteroatoms. The molecule has 2 amide bonds. The summed E-state index contributed by atoms with van der Waals surface area (Å²) >= 11 is 0. The smallest absolute Gasteiger partial charge is 0.289 e. The zero-order valence-corrected chi connectivity index (χ0v) is 15.1. The highest BCUT2D eigenvalue weighted by Crippen LogP contribution is 2.14. The number of aromatic nitrogens is 2. The monoisotopic (exact) mass is 377 g/mol. The number of para-hydroxylation sites is 1. The molecule has 1 aromatic carbocycles. The summed E-state index contributed by atoms with van der Waals surface area (Å²) in [5, 5.41) is 2.80. The number of nitrogens with one attached hydrogen (secondary N) is 1. The highest BCUT2D eigenvalue weighted by Gasteiger charge is 2.24. The van der Waals surface area contributed by atoms with Crippen LogP contribution in [0.25, 0.3) is 0 Å². The van der Waals surface area contributed by atoms with Crippen LogP contribution in [-0.4, -0.2) is 52.9 Å². The molecule has 1 saturated heterocycles. The number of benzene rings is 1. The van der Waals surface area contributed by atoms with Crippen LogP contribution in [0, 0.1) is 0 Å². The normalized spacial score (nSPS) is 14.0. The maximum Gasteiger partial charge on any atom is 0.289 e. The highest BCUT2D eigenvalue weighted by molar-refractivity contribution is 6.03. The van der Waals surface area contributed by atoms with Crippen LogP contribution in [0.3, 0.4) is 0 Å². The van der Waals surface area contributed by atoms with Gasteiger partial charge in [0, 0.05) is 44.3 Å². The molecule has 0 radical (unpaired) electrons. The first-order valence-electron chi connectivity index (χ1n) is 8.97. The maximum absolute atomic E-state index is 12.3. The quantitative estimate of drug-likeness (QED) is 0.750.